The van der Waals surface area contributed by atoms with Crippen LogP contribution in [0.5, 0.6) is 0 Å². The summed E-state index contributed by atoms with van der Waals surface area (Å²) >= 11 is 0. The molecule has 0 spiro atoms. The second-order valence-electron chi connectivity index (χ2n) is 8.34. The number of nitrogens with two attached hydrogens (primary N) is 1. The third kappa shape index (κ3) is 5.66. The molecule has 1 aliphatic carbocycles. The van der Waals surface area contributed by atoms with E-state index in [-0.39, 0.29) is 24.3 Å². The van der Waals surface area contributed by atoms with Gasteiger partial charge in [-0.25, -0.2) is 9.97 Å². The van der Waals surface area contributed by atoms with Gasteiger partial charge in [0.2, 0.25) is 11.8 Å². The van der Waals surface area contributed by atoms with E-state index in [2.05, 4.69) is 32.0 Å². The standard InChI is InChI=1S/C25H27N7O2/c26-8-9-28-23(33)2-1-3-24(34)31-19-6-5-17-11-20(13-18(17)12-19)32-25-21-10-16(14-27)4-7-22(21)29-15-30-25/h4-7,10,12,15,20H,1-3,8-9,11,13,26H2,(H,28,33)(H,31,34)(H,29,30,32). The van der Waals surface area contributed by atoms with E-state index in [0.29, 0.717) is 37.3 Å². The van der Waals surface area contributed by atoms with Gasteiger partial charge in [-0.15, -0.1) is 0 Å². The van der Waals surface area contributed by atoms with Gasteiger partial charge in [-0.1, -0.05) is 6.07 Å². The third-order valence-electron chi connectivity index (χ3n) is 5.80. The smallest absolute Gasteiger partial charge is 0.224 e. The number of amides is 2. The zero-order chi connectivity index (χ0) is 23.9. The van der Waals surface area contributed by atoms with Crippen molar-refractivity contribution in [2.45, 2.75) is 38.1 Å². The molecule has 2 aromatic carbocycles. The van der Waals surface area contributed by atoms with Crippen LogP contribution in [0.25, 0.3) is 10.9 Å². The average molecular weight is 458 g/mol. The molecule has 34 heavy (non-hydrogen) atoms. The highest BCUT2D eigenvalue weighted by Gasteiger charge is 2.23. The largest absolute Gasteiger partial charge is 0.366 e. The normalized spacial score (nSPS) is 14.3. The molecule has 0 aliphatic heterocycles. The summed E-state index contributed by atoms with van der Waals surface area (Å²) in [7, 11) is 0. The molecule has 9 nitrogen and oxygen atoms in total. The molecular weight excluding hydrogens is 430 g/mol. The lowest BCUT2D eigenvalue weighted by Crippen LogP contribution is -2.28. The topological polar surface area (TPSA) is 146 Å². The number of carbonyl (C=O) groups excluding carboxylic acids is 2. The van der Waals surface area contributed by atoms with E-state index in [1.807, 2.05) is 24.3 Å². The summed E-state index contributed by atoms with van der Waals surface area (Å²) in [5.41, 5.74) is 9.86. The third-order valence-corrected chi connectivity index (χ3v) is 5.80. The highest BCUT2D eigenvalue weighted by molar-refractivity contribution is 5.91. The molecular formula is C25H27N7O2. The van der Waals surface area contributed by atoms with Gasteiger partial charge in [0.1, 0.15) is 12.1 Å². The highest BCUT2D eigenvalue weighted by atomic mass is 16.2. The Morgan fingerprint density at radius 2 is 1.88 bits per heavy atom. The van der Waals surface area contributed by atoms with Crippen molar-refractivity contribution in [3.63, 3.8) is 0 Å². The zero-order valence-corrected chi connectivity index (χ0v) is 18.8. The van der Waals surface area contributed by atoms with Crippen molar-refractivity contribution in [3.05, 3.63) is 59.4 Å². The molecule has 0 radical (unpaired) electrons. The molecule has 0 saturated heterocycles. The summed E-state index contributed by atoms with van der Waals surface area (Å²) in [5.74, 6) is 0.513. The second kappa shape index (κ2) is 10.7. The van der Waals surface area contributed by atoms with E-state index in [1.54, 1.807) is 12.1 Å². The number of nitriles is 1. The number of carbonyl (C=O) groups is 2. The van der Waals surface area contributed by atoms with E-state index < -0.39 is 0 Å². The number of benzene rings is 2. The Morgan fingerprint density at radius 1 is 1.06 bits per heavy atom. The van der Waals surface area contributed by atoms with E-state index in [4.69, 9.17) is 5.73 Å². The Balaban J connectivity index is 1.34. The monoisotopic (exact) mass is 457 g/mol. The molecule has 1 aromatic heterocycles. The molecule has 0 fully saturated rings. The molecule has 0 bridgehead atoms. The number of anilines is 2. The summed E-state index contributed by atoms with van der Waals surface area (Å²) < 4.78 is 0. The van der Waals surface area contributed by atoms with Gasteiger partial charge in [0.05, 0.1) is 17.1 Å². The summed E-state index contributed by atoms with van der Waals surface area (Å²) in [6.45, 7) is 0.850. The Hall–Kier alpha value is -4.03. The quantitative estimate of drug-likeness (QED) is 0.385. The average Bonchev–Trinajstić information content (AvgIpc) is 3.24. The van der Waals surface area contributed by atoms with Crippen LogP contribution in [0.1, 0.15) is 36.0 Å². The van der Waals surface area contributed by atoms with Crippen LogP contribution in [0.4, 0.5) is 11.5 Å². The Labute approximate surface area is 197 Å². The second-order valence-corrected chi connectivity index (χ2v) is 8.34. The molecule has 3 aromatic rings. The predicted octanol–water partition coefficient (Wildman–Crippen LogP) is 2.26. The van der Waals surface area contributed by atoms with E-state index in [0.717, 1.165) is 29.4 Å². The molecule has 1 heterocycles. The van der Waals surface area contributed by atoms with E-state index in [9.17, 15) is 14.9 Å². The molecule has 174 valence electrons. The van der Waals surface area contributed by atoms with Crippen molar-refractivity contribution < 1.29 is 9.59 Å². The van der Waals surface area contributed by atoms with E-state index >= 15 is 0 Å². The fraction of sp³-hybridized carbons (Fsp3) is 0.320. The van der Waals surface area contributed by atoms with Crippen molar-refractivity contribution in [2.24, 2.45) is 5.73 Å². The van der Waals surface area contributed by atoms with Crippen molar-refractivity contribution in [2.75, 3.05) is 23.7 Å². The molecule has 5 N–H and O–H groups in total. The van der Waals surface area contributed by atoms with Crippen molar-refractivity contribution in [1.82, 2.24) is 15.3 Å². The first-order valence-corrected chi connectivity index (χ1v) is 11.4. The van der Waals surface area contributed by atoms with Gasteiger partial charge in [0.15, 0.2) is 0 Å². The number of nitrogens with zero attached hydrogens (tertiary/aromatic N) is 3. The van der Waals surface area contributed by atoms with Crippen LogP contribution in [0, 0.1) is 11.3 Å². The highest BCUT2D eigenvalue weighted by Crippen LogP contribution is 2.29. The summed E-state index contributed by atoms with van der Waals surface area (Å²) in [5, 5.41) is 19.2. The summed E-state index contributed by atoms with van der Waals surface area (Å²) in [4.78, 5) is 32.6. The predicted molar refractivity (Wildman–Crippen MR) is 130 cm³/mol. The molecule has 4 rings (SSSR count). The van der Waals surface area contributed by atoms with Crippen LogP contribution in [-0.2, 0) is 22.4 Å². The van der Waals surface area contributed by atoms with Gasteiger partial charge >= 0.3 is 0 Å². The minimum Gasteiger partial charge on any atom is -0.366 e. The number of rotatable bonds is 9. The Kier molecular flexibility index (Phi) is 7.30. The SMILES string of the molecule is N#Cc1ccc2ncnc(NC3Cc4ccc(NC(=O)CCCC(=O)NCCN)cc4C3)c2c1. The van der Waals surface area contributed by atoms with Gasteiger partial charge in [0, 0.05) is 43.0 Å². The van der Waals surface area contributed by atoms with Crippen LogP contribution in [0.15, 0.2) is 42.7 Å². The molecule has 9 heteroatoms. The number of aromatic nitrogens is 2. The Bertz CT molecular complexity index is 1250. The fourth-order valence-electron chi connectivity index (χ4n) is 4.17. The molecule has 1 aliphatic rings. The summed E-state index contributed by atoms with van der Waals surface area (Å²) in [6, 6.07) is 13.6. The van der Waals surface area contributed by atoms with Crippen LogP contribution in [-0.4, -0.2) is 40.9 Å². The number of fused-ring (bicyclic) bond motifs is 2. The molecule has 1 unspecified atom stereocenters. The lowest BCUT2D eigenvalue weighted by Gasteiger charge is -2.14. The maximum absolute atomic E-state index is 12.3. The maximum Gasteiger partial charge on any atom is 0.224 e. The van der Waals surface area contributed by atoms with Crippen LogP contribution in [0.3, 0.4) is 0 Å². The number of nitrogens with one attached hydrogen (secondary N) is 3. The molecule has 2 amide bonds. The van der Waals surface area contributed by atoms with Crippen molar-refractivity contribution >= 4 is 34.2 Å². The summed E-state index contributed by atoms with van der Waals surface area (Å²) in [6.07, 6.45) is 4.23. The fourth-order valence-corrected chi connectivity index (χ4v) is 4.17. The van der Waals surface area contributed by atoms with Crippen LogP contribution in [0.2, 0.25) is 0 Å². The number of hydrogen-bond donors (Lipinski definition) is 4. The zero-order valence-electron chi connectivity index (χ0n) is 18.8. The van der Waals surface area contributed by atoms with Crippen LogP contribution >= 0.6 is 0 Å². The first kappa shape index (κ1) is 23.1. The van der Waals surface area contributed by atoms with Gasteiger partial charge in [0.25, 0.3) is 0 Å². The minimum atomic E-state index is -0.111. The van der Waals surface area contributed by atoms with Gasteiger partial charge in [-0.2, -0.15) is 5.26 Å². The first-order valence-electron chi connectivity index (χ1n) is 11.4. The van der Waals surface area contributed by atoms with Crippen molar-refractivity contribution in [3.8, 4) is 6.07 Å². The van der Waals surface area contributed by atoms with Gasteiger partial charge in [-0.3, -0.25) is 9.59 Å². The first-order chi connectivity index (χ1) is 16.6. The van der Waals surface area contributed by atoms with Gasteiger partial charge in [-0.05, 0) is 60.7 Å². The van der Waals surface area contributed by atoms with Crippen LogP contribution < -0.4 is 21.7 Å². The lowest BCUT2D eigenvalue weighted by atomic mass is 10.1. The Morgan fingerprint density at radius 3 is 2.71 bits per heavy atom. The maximum atomic E-state index is 12.3. The molecule has 0 saturated carbocycles. The molecule has 1 atom stereocenters. The van der Waals surface area contributed by atoms with Crippen molar-refractivity contribution in [1.29, 1.82) is 5.26 Å². The lowest BCUT2D eigenvalue weighted by molar-refractivity contribution is -0.121. The minimum absolute atomic E-state index is 0.0883. The number of hydrogen-bond acceptors (Lipinski definition) is 7. The van der Waals surface area contributed by atoms with E-state index in [1.165, 1.54) is 17.5 Å². The van der Waals surface area contributed by atoms with Gasteiger partial charge < -0.3 is 21.7 Å².